The molecule has 1 aromatic rings. The minimum absolute atomic E-state index is 0.442. The number of aromatic nitrogens is 1. The molecule has 0 aromatic carbocycles. The topological polar surface area (TPSA) is 24.9 Å². The SMILES string of the molecule is CC(C)Nc1ccc(C(C)C)cn1. The fourth-order valence-corrected chi connectivity index (χ4v) is 1.13. The van der Waals surface area contributed by atoms with Crippen LogP contribution in [0.25, 0.3) is 0 Å². The Labute approximate surface area is 80.4 Å². The number of nitrogens with one attached hydrogen (secondary N) is 1. The van der Waals surface area contributed by atoms with E-state index in [0.29, 0.717) is 12.0 Å². The molecule has 0 spiro atoms. The molecule has 0 saturated heterocycles. The van der Waals surface area contributed by atoms with E-state index in [4.69, 9.17) is 0 Å². The lowest BCUT2D eigenvalue weighted by Crippen LogP contribution is -2.10. The Morgan fingerprint density at radius 2 is 1.85 bits per heavy atom. The zero-order valence-electron chi connectivity index (χ0n) is 8.83. The molecular formula is C11H18N2. The van der Waals surface area contributed by atoms with Crippen LogP contribution >= 0.6 is 0 Å². The summed E-state index contributed by atoms with van der Waals surface area (Å²) in [6.45, 7) is 8.56. The molecule has 13 heavy (non-hydrogen) atoms. The van der Waals surface area contributed by atoms with Gasteiger partial charge >= 0.3 is 0 Å². The van der Waals surface area contributed by atoms with Crippen LogP contribution in [0.2, 0.25) is 0 Å². The Morgan fingerprint density at radius 3 is 2.23 bits per heavy atom. The Hall–Kier alpha value is -1.05. The summed E-state index contributed by atoms with van der Waals surface area (Å²) < 4.78 is 0. The summed E-state index contributed by atoms with van der Waals surface area (Å²) in [5.74, 6) is 1.51. The molecule has 0 radical (unpaired) electrons. The second-order valence-electron chi connectivity index (χ2n) is 3.93. The average molecular weight is 178 g/mol. The minimum atomic E-state index is 0.442. The quantitative estimate of drug-likeness (QED) is 0.769. The van der Waals surface area contributed by atoms with E-state index in [-0.39, 0.29) is 0 Å². The first-order chi connectivity index (χ1) is 6.09. The molecule has 1 N–H and O–H groups in total. The summed E-state index contributed by atoms with van der Waals surface area (Å²) in [7, 11) is 0. The standard InChI is InChI=1S/C11H18N2/c1-8(2)10-5-6-11(12-7-10)13-9(3)4/h5-9H,1-4H3,(H,12,13). The maximum absolute atomic E-state index is 4.33. The third-order valence-electron chi connectivity index (χ3n) is 1.89. The van der Waals surface area contributed by atoms with Crippen molar-refractivity contribution in [3.8, 4) is 0 Å². The average Bonchev–Trinajstić information content (AvgIpc) is 2.04. The van der Waals surface area contributed by atoms with Crippen molar-refractivity contribution in [2.24, 2.45) is 0 Å². The van der Waals surface area contributed by atoms with Crippen molar-refractivity contribution >= 4 is 5.82 Å². The Kier molecular flexibility index (Phi) is 3.29. The first-order valence-electron chi connectivity index (χ1n) is 4.82. The van der Waals surface area contributed by atoms with Gasteiger partial charge < -0.3 is 5.32 Å². The molecule has 0 aliphatic carbocycles. The molecule has 0 saturated carbocycles. The Morgan fingerprint density at radius 1 is 1.15 bits per heavy atom. The second-order valence-corrected chi connectivity index (χ2v) is 3.93. The normalized spacial score (nSPS) is 10.9. The fraction of sp³-hybridized carbons (Fsp3) is 0.545. The number of pyridine rings is 1. The molecular weight excluding hydrogens is 160 g/mol. The highest BCUT2D eigenvalue weighted by Crippen LogP contribution is 2.14. The van der Waals surface area contributed by atoms with Crippen LogP contribution in [-0.4, -0.2) is 11.0 Å². The summed E-state index contributed by atoms with van der Waals surface area (Å²) in [4.78, 5) is 4.33. The molecule has 0 amide bonds. The molecule has 2 nitrogen and oxygen atoms in total. The van der Waals surface area contributed by atoms with E-state index in [1.54, 1.807) is 0 Å². The molecule has 0 bridgehead atoms. The van der Waals surface area contributed by atoms with Gasteiger partial charge in [0.25, 0.3) is 0 Å². The Balaban J connectivity index is 2.70. The highest BCUT2D eigenvalue weighted by Gasteiger charge is 2.00. The molecule has 72 valence electrons. The van der Waals surface area contributed by atoms with Crippen molar-refractivity contribution in [3.05, 3.63) is 23.9 Å². The first kappa shape index (κ1) is 10.0. The van der Waals surface area contributed by atoms with Gasteiger partial charge in [0.05, 0.1) is 0 Å². The van der Waals surface area contributed by atoms with Crippen LogP contribution in [0.5, 0.6) is 0 Å². The van der Waals surface area contributed by atoms with Gasteiger partial charge in [-0.15, -0.1) is 0 Å². The van der Waals surface area contributed by atoms with Gasteiger partial charge in [0, 0.05) is 12.2 Å². The van der Waals surface area contributed by atoms with Gasteiger partial charge in [0.1, 0.15) is 5.82 Å². The summed E-state index contributed by atoms with van der Waals surface area (Å²) in [6.07, 6.45) is 1.94. The van der Waals surface area contributed by atoms with Crippen molar-refractivity contribution < 1.29 is 0 Å². The van der Waals surface area contributed by atoms with Gasteiger partial charge in [0.2, 0.25) is 0 Å². The maximum Gasteiger partial charge on any atom is 0.126 e. The largest absolute Gasteiger partial charge is 0.368 e. The van der Waals surface area contributed by atoms with Gasteiger partial charge in [-0.05, 0) is 31.4 Å². The number of anilines is 1. The molecule has 0 aliphatic heterocycles. The van der Waals surface area contributed by atoms with Crippen LogP contribution in [-0.2, 0) is 0 Å². The molecule has 2 heteroatoms. The monoisotopic (exact) mass is 178 g/mol. The number of hydrogen-bond acceptors (Lipinski definition) is 2. The lowest BCUT2D eigenvalue weighted by atomic mass is 10.1. The molecule has 1 aromatic heterocycles. The molecule has 0 atom stereocenters. The van der Waals surface area contributed by atoms with Crippen LogP contribution < -0.4 is 5.32 Å². The summed E-state index contributed by atoms with van der Waals surface area (Å²) in [5.41, 5.74) is 1.29. The highest BCUT2D eigenvalue weighted by atomic mass is 15.0. The van der Waals surface area contributed by atoms with Crippen molar-refractivity contribution in [1.82, 2.24) is 4.98 Å². The van der Waals surface area contributed by atoms with Crippen molar-refractivity contribution in [2.45, 2.75) is 39.7 Å². The van der Waals surface area contributed by atoms with E-state index in [0.717, 1.165) is 5.82 Å². The van der Waals surface area contributed by atoms with Gasteiger partial charge in [-0.25, -0.2) is 4.98 Å². The second kappa shape index (κ2) is 4.26. The third kappa shape index (κ3) is 3.05. The number of rotatable bonds is 3. The first-order valence-corrected chi connectivity index (χ1v) is 4.82. The van der Waals surface area contributed by atoms with Crippen molar-refractivity contribution in [2.75, 3.05) is 5.32 Å². The van der Waals surface area contributed by atoms with Crippen LogP contribution in [0, 0.1) is 0 Å². The smallest absolute Gasteiger partial charge is 0.126 e. The molecule has 1 heterocycles. The van der Waals surface area contributed by atoms with E-state index >= 15 is 0 Å². The van der Waals surface area contributed by atoms with Crippen LogP contribution in [0.15, 0.2) is 18.3 Å². The molecule has 0 fully saturated rings. The van der Waals surface area contributed by atoms with E-state index in [1.165, 1.54) is 5.56 Å². The van der Waals surface area contributed by atoms with Gasteiger partial charge in [-0.3, -0.25) is 0 Å². The zero-order chi connectivity index (χ0) is 9.84. The van der Waals surface area contributed by atoms with Gasteiger partial charge in [-0.2, -0.15) is 0 Å². The molecule has 1 rings (SSSR count). The maximum atomic E-state index is 4.33. The predicted molar refractivity (Wildman–Crippen MR) is 57.1 cm³/mol. The minimum Gasteiger partial charge on any atom is -0.368 e. The lowest BCUT2D eigenvalue weighted by molar-refractivity contribution is 0.851. The van der Waals surface area contributed by atoms with Crippen LogP contribution in [0.3, 0.4) is 0 Å². The van der Waals surface area contributed by atoms with Gasteiger partial charge in [0.15, 0.2) is 0 Å². The van der Waals surface area contributed by atoms with Crippen molar-refractivity contribution in [3.63, 3.8) is 0 Å². The van der Waals surface area contributed by atoms with E-state index in [9.17, 15) is 0 Å². The van der Waals surface area contributed by atoms with Crippen LogP contribution in [0.4, 0.5) is 5.82 Å². The zero-order valence-corrected chi connectivity index (χ0v) is 8.83. The lowest BCUT2D eigenvalue weighted by Gasteiger charge is -2.10. The summed E-state index contributed by atoms with van der Waals surface area (Å²) in [5, 5.41) is 3.26. The van der Waals surface area contributed by atoms with E-state index < -0.39 is 0 Å². The molecule has 0 unspecified atom stereocenters. The van der Waals surface area contributed by atoms with E-state index in [2.05, 4.69) is 44.1 Å². The highest BCUT2D eigenvalue weighted by molar-refractivity contribution is 5.36. The predicted octanol–water partition coefficient (Wildman–Crippen LogP) is 3.03. The number of nitrogens with zero attached hydrogens (tertiary/aromatic N) is 1. The molecule has 0 aliphatic rings. The summed E-state index contributed by atoms with van der Waals surface area (Å²) in [6, 6.07) is 4.61. The third-order valence-corrected chi connectivity index (χ3v) is 1.89. The van der Waals surface area contributed by atoms with Crippen LogP contribution in [0.1, 0.15) is 39.2 Å². The van der Waals surface area contributed by atoms with Crippen molar-refractivity contribution in [1.29, 1.82) is 0 Å². The fourth-order valence-electron chi connectivity index (χ4n) is 1.13. The Bertz CT molecular complexity index is 249. The number of hydrogen-bond donors (Lipinski definition) is 1. The summed E-state index contributed by atoms with van der Waals surface area (Å²) >= 11 is 0. The van der Waals surface area contributed by atoms with Gasteiger partial charge in [-0.1, -0.05) is 19.9 Å². The van der Waals surface area contributed by atoms with E-state index in [1.807, 2.05) is 12.3 Å².